The highest BCUT2D eigenvalue weighted by atomic mass is 19.4. The molecule has 0 fully saturated rings. The van der Waals surface area contributed by atoms with Crippen LogP contribution in [0.2, 0.25) is 0 Å². The molecule has 1 atom stereocenters. The lowest BCUT2D eigenvalue weighted by atomic mass is 10.3. The van der Waals surface area contributed by atoms with Crippen LogP contribution in [0.4, 0.5) is 26.3 Å². The second-order valence-corrected chi connectivity index (χ2v) is 1.53. The maximum absolute atomic E-state index is 11.8. The smallest absolute Gasteiger partial charge is 0.248 e. The zero-order chi connectivity index (χ0) is 9.28. The van der Waals surface area contributed by atoms with Gasteiger partial charge in [-0.25, -0.2) is 14.0 Å². The first kappa shape index (κ1) is 10.5. The van der Waals surface area contributed by atoms with Crippen LogP contribution in [0.1, 0.15) is 0 Å². The SMILES string of the molecule is OOC(F)(C(F)F)C(F)(F)F. The Morgan fingerprint density at radius 1 is 1.09 bits per heavy atom. The Balaban J connectivity index is 4.61. The zero-order valence-corrected chi connectivity index (χ0v) is 4.70. The lowest BCUT2D eigenvalue weighted by molar-refractivity contribution is -0.468. The Morgan fingerprint density at radius 2 is 1.45 bits per heavy atom. The summed E-state index contributed by atoms with van der Waals surface area (Å²) < 4.78 is 67.8. The van der Waals surface area contributed by atoms with Crippen molar-refractivity contribution in [2.45, 2.75) is 18.5 Å². The number of alkyl halides is 6. The number of hydrogen-bond acceptors (Lipinski definition) is 2. The molecule has 0 amide bonds. The van der Waals surface area contributed by atoms with Crippen LogP contribution in [0.15, 0.2) is 0 Å². The Bertz CT molecular complexity index is 132. The predicted octanol–water partition coefficient (Wildman–Crippen LogP) is 1.97. The van der Waals surface area contributed by atoms with E-state index in [1.165, 1.54) is 0 Å². The second kappa shape index (κ2) is 2.86. The van der Waals surface area contributed by atoms with Gasteiger partial charge < -0.3 is 0 Å². The van der Waals surface area contributed by atoms with Gasteiger partial charge in [0.2, 0.25) is 0 Å². The highest BCUT2D eigenvalue weighted by Gasteiger charge is 2.65. The average Bonchev–Trinajstić information content (AvgIpc) is 1.83. The van der Waals surface area contributed by atoms with Crippen molar-refractivity contribution in [3.05, 3.63) is 0 Å². The minimum atomic E-state index is -5.96. The van der Waals surface area contributed by atoms with E-state index in [1.54, 1.807) is 0 Å². The van der Waals surface area contributed by atoms with Gasteiger partial charge >= 0.3 is 18.5 Å². The molecule has 11 heavy (non-hydrogen) atoms. The zero-order valence-electron chi connectivity index (χ0n) is 4.70. The molecular weight excluding hydrogens is 182 g/mol. The standard InChI is InChI=1S/C3H2F6O2/c4-1(5)2(6,11-10)3(7,8)9/h1,10H. The lowest BCUT2D eigenvalue weighted by Crippen LogP contribution is -2.49. The van der Waals surface area contributed by atoms with E-state index >= 15 is 0 Å². The molecule has 2 nitrogen and oxygen atoms in total. The van der Waals surface area contributed by atoms with Gasteiger partial charge in [-0.3, -0.25) is 0 Å². The van der Waals surface area contributed by atoms with E-state index in [2.05, 4.69) is 0 Å². The lowest BCUT2D eigenvalue weighted by Gasteiger charge is -2.22. The van der Waals surface area contributed by atoms with E-state index in [1.807, 2.05) is 4.89 Å². The molecule has 0 heterocycles. The summed E-state index contributed by atoms with van der Waals surface area (Å²) in [7, 11) is 0. The average molecular weight is 184 g/mol. The number of rotatable bonds is 2. The summed E-state index contributed by atoms with van der Waals surface area (Å²) in [5, 5.41) is 7.22. The molecular formula is C3H2F6O2. The maximum atomic E-state index is 11.8. The maximum Gasteiger partial charge on any atom is 0.457 e. The first-order valence-electron chi connectivity index (χ1n) is 2.12. The Labute approximate surface area is 56.3 Å². The first-order chi connectivity index (χ1) is 4.75. The molecule has 0 rings (SSSR count). The van der Waals surface area contributed by atoms with Crippen LogP contribution in [-0.2, 0) is 4.89 Å². The molecule has 8 heteroatoms. The van der Waals surface area contributed by atoms with Crippen LogP contribution in [0.3, 0.4) is 0 Å². The third-order valence-corrected chi connectivity index (χ3v) is 0.800. The number of hydrogen-bond donors (Lipinski definition) is 1. The summed E-state index contributed by atoms with van der Waals surface area (Å²) in [6.45, 7) is 0. The Hall–Kier alpha value is -0.500. The molecule has 0 saturated heterocycles. The summed E-state index contributed by atoms with van der Waals surface area (Å²) in [6.07, 6.45) is -10.5. The van der Waals surface area contributed by atoms with Crippen molar-refractivity contribution in [1.82, 2.24) is 0 Å². The monoisotopic (exact) mass is 184 g/mol. The topological polar surface area (TPSA) is 29.5 Å². The minimum absolute atomic E-state index is 2.02. The van der Waals surface area contributed by atoms with E-state index in [0.29, 0.717) is 0 Å². The van der Waals surface area contributed by atoms with E-state index in [4.69, 9.17) is 5.26 Å². The van der Waals surface area contributed by atoms with Crippen molar-refractivity contribution < 1.29 is 36.5 Å². The molecule has 0 aromatic rings. The molecule has 0 radical (unpaired) electrons. The van der Waals surface area contributed by atoms with Gasteiger partial charge in [0.15, 0.2) is 0 Å². The fourth-order valence-electron chi connectivity index (χ4n) is 0.215. The fourth-order valence-corrected chi connectivity index (χ4v) is 0.215. The quantitative estimate of drug-likeness (QED) is 0.403. The van der Waals surface area contributed by atoms with Crippen LogP contribution in [0.5, 0.6) is 0 Å². The fraction of sp³-hybridized carbons (Fsp3) is 1.00. The summed E-state index contributed by atoms with van der Waals surface area (Å²) in [5.41, 5.74) is 0. The molecule has 0 aliphatic heterocycles. The normalized spacial score (nSPS) is 18.5. The van der Waals surface area contributed by atoms with Gasteiger partial charge in [-0.05, 0) is 0 Å². The van der Waals surface area contributed by atoms with Crippen molar-refractivity contribution in [3.8, 4) is 0 Å². The molecule has 0 bridgehead atoms. The van der Waals surface area contributed by atoms with Crippen LogP contribution in [0, 0.1) is 0 Å². The Morgan fingerprint density at radius 3 is 1.45 bits per heavy atom. The molecule has 0 saturated carbocycles. The molecule has 0 aliphatic rings. The van der Waals surface area contributed by atoms with Crippen LogP contribution in [0.25, 0.3) is 0 Å². The van der Waals surface area contributed by atoms with Gasteiger partial charge in [0, 0.05) is 0 Å². The highest BCUT2D eigenvalue weighted by Crippen LogP contribution is 2.38. The molecule has 68 valence electrons. The summed E-state index contributed by atoms with van der Waals surface area (Å²) in [4.78, 5) is 2.02. The van der Waals surface area contributed by atoms with Crippen LogP contribution < -0.4 is 0 Å². The molecule has 0 aliphatic carbocycles. The number of halogens is 6. The van der Waals surface area contributed by atoms with Gasteiger partial charge in [-0.2, -0.15) is 22.4 Å². The molecule has 1 unspecified atom stereocenters. The molecule has 0 spiro atoms. The van der Waals surface area contributed by atoms with Gasteiger partial charge in [0.05, 0.1) is 0 Å². The third-order valence-electron chi connectivity index (χ3n) is 0.800. The van der Waals surface area contributed by atoms with Gasteiger partial charge in [0.25, 0.3) is 0 Å². The van der Waals surface area contributed by atoms with Crippen molar-refractivity contribution in [1.29, 1.82) is 0 Å². The molecule has 1 N–H and O–H groups in total. The Kier molecular flexibility index (Phi) is 2.73. The van der Waals surface area contributed by atoms with E-state index in [-0.39, 0.29) is 0 Å². The van der Waals surface area contributed by atoms with Crippen LogP contribution >= 0.6 is 0 Å². The highest BCUT2D eigenvalue weighted by molar-refractivity contribution is 4.78. The minimum Gasteiger partial charge on any atom is -0.248 e. The van der Waals surface area contributed by atoms with Gasteiger partial charge in [-0.15, -0.1) is 0 Å². The molecule has 0 aromatic carbocycles. The van der Waals surface area contributed by atoms with Crippen molar-refractivity contribution in [2.75, 3.05) is 0 Å². The summed E-state index contributed by atoms with van der Waals surface area (Å²) in [6, 6.07) is 0. The second-order valence-electron chi connectivity index (χ2n) is 1.53. The van der Waals surface area contributed by atoms with Crippen LogP contribution in [-0.4, -0.2) is 23.7 Å². The van der Waals surface area contributed by atoms with Crippen molar-refractivity contribution in [2.24, 2.45) is 0 Å². The van der Waals surface area contributed by atoms with Gasteiger partial charge in [-0.1, -0.05) is 0 Å². The van der Waals surface area contributed by atoms with E-state index < -0.39 is 18.5 Å². The van der Waals surface area contributed by atoms with E-state index in [9.17, 15) is 26.3 Å². The first-order valence-corrected chi connectivity index (χ1v) is 2.12. The predicted molar refractivity (Wildman–Crippen MR) is 19.6 cm³/mol. The largest absolute Gasteiger partial charge is 0.457 e. The third kappa shape index (κ3) is 1.74. The van der Waals surface area contributed by atoms with E-state index in [0.717, 1.165) is 0 Å². The van der Waals surface area contributed by atoms with Gasteiger partial charge in [0.1, 0.15) is 0 Å². The van der Waals surface area contributed by atoms with Crippen molar-refractivity contribution in [3.63, 3.8) is 0 Å². The summed E-state index contributed by atoms with van der Waals surface area (Å²) >= 11 is 0. The summed E-state index contributed by atoms with van der Waals surface area (Å²) in [5.74, 6) is -5.30. The molecule has 0 aromatic heterocycles. The van der Waals surface area contributed by atoms with Crippen molar-refractivity contribution >= 4 is 0 Å².